The molecule has 0 aromatic rings. The third kappa shape index (κ3) is 2.96. The molecule has 1 saturated carbocycles. The van der Waals surface area contributed by atoms with Gasteiger partial charge >= 0.3 is 0 Å². The SMILES string of the molecule is CCCC[CH]C(=N)C1CCCC1. The van der Waals surface area contributed by atoms with Crippen molar-refractivity contribution >= 4 is 5.71 Å². The van der Waals surface area contributed by atoms with Gasteiger partial charge in [0.2, 0.25) is 0 Å². The van der Waals surface area contributed by atoms with Crippen LogP contribution in [-0.2, 0) is 0 Å². The lowest BCUT2D eigenvalue weighted by atomic mass is 9.97. The van der Waals surface area contributed by atoms with Crippen LogP contribution in [0.1, 0.15) is 51.9 Å². The van der Waals surface area contributed by atoms with Gasteiger partial charge in [0.1, 0.15) is 0 Å². The van der Waals surface area contributed by atoms with Gasteiger partial charge in [0.15, 0.2) is 0 Å². The molecule has 0 amide bonds. The van der Waals surface area contributed by atoms with Crippen molar-refractivity contribution in [3.05, 3.63) is 6.42 Å². The third-order valence-corrected chi connectivity index (χ3v) is 2.72. The Balaban J connectivity index is 2.10. The van der Waals surface area contributed by atoms with Crippen molar-refractivity contribution in [2.45, 2.75) is 51.9 Å². The summed E-state index contributed by atoms with van der Waals surface area (Å²) in [5.74, 6) is 0.613. The van der Waals surface area contributed by atoms with E-state index in [1.165, 1.54) is 38.5 Å². The van der Waals surface area contributed by atoms with Crippen LogP contribution in [0.15, 0.2) is 0 Å². The Morgan fingerprint density at radius 1 is 1.42 bits per heavy atom. The second-order valence-electron chi connectivity index (χ2n) is 3.78. The predicted molar refractivity (Wildman–Crippen MR) is 53.5 cm³/mol. The van der Waals surface area contributed by atoms with Crippen LogP contribution in [0.25, 0.3) is 0 Å². The van der Waals surface area contributed by atoms with Gasteiger partial charge in [-0.05, 0) is 25.2 Å². The first-order chi connectivity index (χ1) is 5.84. The number of rotatable bonds is 5. The van der Waals surface area contributed by atoms with E-state index in [4.69, 9.17) is 5.41 Å². The summed E-state index contributed by atoms with van der Waals surface area (Å²) >= 11 is 0. The second kappa shape index (κ2) is 5.34. The Hall–Kier alpha value is -0.330. The van der Waals surface area contributed by atoms with Gasteiger partial charge in [0.25, 0.3) is 0 Å². The van der Waals surface area contributed by atoms with Gasteiger partial charge in [-0.25, -0.2) is 0 Å². The summed E-state index contributed by atoms with van der Waals surface area (Å²) in [6.45, 7) is 2.20. The highest BCUT2D eigenvalue weighted by Gasteiger charge is 2.18. The molecule has 0 aliphatic heterocycles. The molecule has 0 aromatic heterocycles. The molecule has 1 heteroatoms. The quantitative estimate of drug-likeness (QED) is 0.476. The number of unbranched alkanes of at least 4 members (excludes halogenated alkanes) is 2. The molecule has 0 aromatic carbocycles. The van der Waals surface area contributed by atoms with Gasteiger partial charge < -0.3 is 5.41 Å². The molecule has 1 radical (unpaired) electrons. The molecule has 69 valence electrons. The molecule has 0 atom stereocenters. The van der Waals surface area contributed by atoms with Crippen LogP contribution in [0.4, 0.5) is 0 Å². The monoisotopic (exact) mass is 166 g/mol. The van der Waals surface area contributed by atoms with Crippen LogP contribution < -0.4 is 0 Å². The maximum Gasteiger partial charge on any atom is 0.0157 e. The van der Waals surface area contributed by atoms with E-state index in [1.807, 2.05) is 0 Å². The molecular formula is C11H20N. The Labute approximate surface area is 76.1 Å². The van der Waals surface area contributed by atoms with E-state index in [0.29, 0.717) is 5.92 Å². The minimum Gasteiger partial charge on any atom is -0.309 e. The number of nitrogens with one attached hydrogen (secondary N) is 1. The third-order valence-electron chi connectivity index (χ3n) is 2.72. The van der Waals surface area contributed by atoms with Gasteiger partial charge in [-0.15, -0.1) is 0 Å². The normalized spacial score (nSPS) is 18.4. The Bertz CT molecular complexity index is 134. The summed E-state index contributed by atoms with van der Waals surface area (Å²) in [4.78, 5) is 0. The Kier molecular flexibility index (Phi) is 4.34. The van der Waals surface area contributed by atoms with Crippen LogP contribution in [-0.4, -0.2) is 5.71 Å². The summed E-state index contributed by atoms with van der Waals surface area (Å²) in [7, 11) is 0. The fraction of sp³-hybridized carbons (Fsp3) is 0.818. The zero-order valence-corrected chi connectivity index (χ0v) is 8.10. The van der Waals surface area contributed by atoms with Gasteiger partial charge in [0, 0.05) is 12.1 Å². The van der Waals surface area contributed by atoms with Gasteiger partial charge in [-0.1, -0.05) is 32.6 Å². The molecular weight excluding hydrogens is 146 g/mol. The average molecular weight is 166 g/mol. The van der Waals surface area contributed by atoms with Crippen molar-refractivity contribution in [2.75, 3.05) is 0 Å². The van der Waals surface area contributed by atoms with Gasteiger partial charge in [-0.3, -0.25) is 0 Å². The van der Waals surface area contributed by atoms with E-state index in [-0.39, 0.29) is 0 Å². The van der Waals surface area contributed by atoms with E-state index < -0.39 is 0 Å². The number of hydrogen-bond acceptors (Lipinski definition) is 1. The van der Waals surface area contributed by atoms with Gasteiger partial charge in [0.05, 0.1) is 0 Å². The maximum atomic E-state index is 7.81. The molecule has 1 N–H and O–H groups in total. The lowest BCUT2D eigenvalue weighted by Gasteiger charge is -2.09. The lowest BCUT2D eigenvalue weighted by molar-refractivity contribution is 0.710. The molecule has 1 nitrogen and oxygen atoms in total. The van der Waals surface area contributed by atoms with E-state index in [1.54, 1.807) is 0 Å². The van der Waals surface area contributed by atoms with Crippen molar-refractivity contribution < 1.29 is 0 Å². The van der Waals surface area contributed by atoms with Crippen LogP contribution in [0, 0.1) is 17.7 Å². The first-order valence-corrected chi connectivity index (χ1v) is 5.26. The summed E-state index contributed by atoms with van der Waals surface area (Å²) in [5.41, 5.74) is 0.918. The predicted octanol–water partition coefficient (Wildman–Crippen LogP) is 3.59. The van der Waals surface area contributed by atoms with Crippen molar-refractivity contribution in [3.63, 3.8) is 0 Å². The fourth-order valence-corrected chi connectivity index (χ4v) is 1.87. The van der Waals surface area contributed by atoms with E-state index in [2.05, 4.69) is 13.3 Å². The standard InChI is InChI=1S/C11H20N/c1-2-3-4-9-11(12)10-7-5-6-8-10/h9-10,12H,2-8H2,1H3. The summed E-state index contributed by atoms with van der Waals surface area (Å²) in [6, 6.07) is 0. The zero-order valence-electron chi connectivity index (χ0n) is 8.10. The maximum absolute atomic E-state index is 7.81. The first-order valence-electron chi connectivity index (χ1n) is 5.26. The summed E-state index contributed by atoms with van der Waals surface area (Å²) in [6.07, 6.45) is 11.0. The molecule has 0 spiro atoms. The fourth-order valence-electron chi connectivity index (χ4n) is 1.87. The molecule has 1 rings (SSSR count). The van der Waals surface area contributed by atoms with Crippen molar-refractivity contribution in [3.8, 4) is 0 Å². The van der Waals surface area contributed by atoms with Gasteiger partial charge in [-0.2, -0.15) is 0 Å². The van der Waals surface area contributed by atoms with Crippen molar-refractivity contribution in [1.29, 1.82) is 5.41 Å². The van der Waals surface area contributed by atoms with Crippen molar-refractivity contribution in [1.82, 2.24) is 0 Å². The molecule has 1 fully saturated rings. The second-order valence-corrected chi connectivity index (χ2v) is 3.78. The highest BCUT2D eigenvalue weighted by atomic mass is 14.5. The van der Waals surface area contributed by atoms with E-state index >= 15 is 0 Å². The minimum atomic E-state index is 0.613. The highest BCUT2D eigenvalue weighted by Crippen LogP contribution is 2.26. The molecule has 0 saturated heterocycles. The zero-order chi connectivity index (χ0) is 8.81. The largest absolute Gasteiger partial charge is 0.309 e. The Morgan fingerprint density at radius 3 is 2.67 bits per heavy atom. The highest BCUT2D eigenvalue weighted by molar-refractivity contribution is 5.91. The van der Waals surface area contributed by atoms with Crippen LogP contribution in [0.3, 0.4) is 0 Å². The smallest absolute Gasteiger partial charge is 0.0157 e. The molecule has 1 aliphatic carbocycles. The first kappa shape index (κ1) is 9.76. The van der Waals surface area contributed by atoms with Crippen LogP contribution in [0.2, 0.25) is 0 Å². The number of hydrogen-bond donors (Lipinski definition) is 1. The molecule has 12 heavy (non-hydrogen) atoms. The van der Waals surface area contributed by atoms with Crippen LogP contribution in [0.5, 0.6) is 0 Å². The van der Waals surface area contributed by atoms with E-state index in [9.17, 15) is 0 Å². The van der Waals surface area contributed by atoms with Crippen LogP contribution >= 0.6 is 0 Å². The lowest BCUT2D eigenvalue weighted by Crippen LogP contribution is -2.09. The molecule has 0 bridgehead atoms. The Morgan fingerprint density at radius 2 is 2.08 bits per heavy atom. The molecule has 0 heterocycles. The molecule has 1 aliphatic rings. The summed E-state index contributed by atoms with van der Waals surface area (Å²) in [5, 5.41) is 7.81. The van der Waals surface area contributed by atoms with E-state index in [0.717, 1.165) is 12.1 Å². The summed E-state index contributed by atoms with van der Waals surface area (Å²) < 4.78 is 0. The average Bonchev–Trinajstić information content (AvgIpc) is 2.56. The minimum absolute atomic E-state index is 0.613. The molecule has 0 unspecified atom stereocenters. The topological polar surface area (TPSA) is 23.9 Å². The van der Waals surface area contributed by atoms with Crippen molar-refractivity contribution in [2.24, 2.45) is 5.92 Å².